The van der Waals surface area contributed by atoms with Gasteiger partial charge in [-0.2, -0.15) is 4.72 Å². The first-order chi connectivity index (χ1) is 17.7. The first kappa shape index (κ1) is 27.0. The van der Waals surface area contributed by atoms with Crippen molar-refractivity contribution in [1.82, 2.24) is 4.72 Å². The molecule has 0 amide bonds. The van der Waals surface area contributed by atoms with Gasteiger partial charge in [0.15, 0.2) is 0 Å². The molecule has 0 saturated carbocycles. The maximum Gasteiger partial charge on any atom is 0.311 e. The van der Waals surface area contributed by atoms with Gasteiger partial charge in [0.2, 0.25) is 10.0 Å². The van der Waals surface area contributed by atoms with Gasteiger partial charge in [-0.05, 0) is 49.1 Å². The molecule has 3 aromatic carbocycles. The second-order valence-corrected chi connectivity index (χ2v) is 11.2. The molecule has 8 heteroatoms. The second-order valence-electron chi connectivity index (χ2n) is 9.47. The minimum atomic E-state index is -3.85. The van der Waals surface area contributed by atoms with Gasteiger partial charge in [0.1, 0.15) is 6.10 Å². The number of hydrogen-bond donors (Lipinski definition) is 2. The van der Waals surface area contributed by atoms with E-state index in [1.54, 1.807) is 31.2 Å². The Morgan fingerprint density at radius 1 is 1.03 bits per heavy atom. The van der Waals surface area contributed by atoms with E-state index in [4.69, 9.17) is 9.47 Å². The number of aryl methyl sites for hydroxylation is 1. The SMILES string of the molecule is Cc1ccc(S(=O)(=O)N[C@@H]2c3ccccc3C[C@@H]2OC(=O)[C@H](C)[C@@H](O)CCOCc2ccccc2)cc1. The normalized spacial score (nSPS) is 18.7. The molecule has 0 aromatic heterocycles. The molecular weight excluding hydrogens is 490 g/mol. The van der Waals surface area contributed by atoms with Crippen molar-refractivity contribution in [1.29, 1.82) is 0 Å². The monoisotopic (exact) mass is 523 g/mol. The summed E-state index contributed by atoms with van der Waals surface area (Å²) in [4.78, 5) is 13.1. The minimum Gasteiger partial charge on any atom is -0.460 e. The summed E-state index contributed by atoms with van der Waals surface area (Å²) in [5.41, 5.74) is 3.68. The van der Waals surface area contributed by atoms with E-state index in [2.05, 4.69) is 4.72 Å². The lowest BCUT2D eigenvalue weighted by atomic mass is 10.0. The molecule has 196 valence electrons. The number of carbonyl (C=O) groups is 1. The van der Waals surface area contributed by atoms with E-state index in [0.29, 0.717) is 19.6 Å². The van der Waals surface area contributed by atoms with Crippen LogP contribution >= 0.6 is 0 Å². The number of nitrogens with one attached hydrogen (secondary N) is 1. The maximum atomic E-state index is 13.1. The van der Waals surface area contributed by atoms with Gasteiger partial charge < -0.3 is 14.6 Å². The van der Waals surface area contributed by atoms with Crippen LogP contribution in [0.25, 0.3) is 0 Å². The third-order valence-electron chi connectivity index (χ3n) is 6.68. The summed E-state index contributed by atoms with van der Waals surface area (Å²) in [7, 11) is -3.85. The molecule has 1 aliphatic rings. The molecule has 0 saturated heterocycles. The highest BCUT2D eigenvalue weighted by Crippen LogP contribution is 2.35. The average molecular weight is 524 g/mol. The lowest BCUT2D eigenvalue weighted by molar-refractivity contribution is -0.158. The van der Waals surface area contributed by atoms with Crippen molar-refractivity contribution < 1.29 is 27.8 Å². The van der Waals surface area contributed by atoms with Gasteiger partial charge in [-0.25, -0.2) is 8.42 Å². The van der Waals surface area contributed by atoms with E-state index in [9.17, 15) is 18.3 Å². The Labute approximate surface area is 218 Å². The van der Waals surface area contributed by atoms with Crippen LogP contribution in [-0.4, -0.2) is 38.3 Å². The first-order valence-electron chi connectivity index (χ1n) is 12.4. The predicted octanol–water partition coefficient (Wildman–Crippen LogP) is 4.09. The predicted molar refractivity (Wildman–Crippen MR) is 140 cm³/mol. The van der Waals surface area contributed by atoms with Gasteiger partial charge in [-0.15, -0.1) is 0 Å². The molecule has 0 bridgehead atoms. The smallest absolute Gasteiger partial charge is 0.311 e. The average Bonchev–Trinajstić information content (AvgIpc) is 3.23. The Morgan fingerprint density at radius 2 is 1.70 bits per heavy atom. The minimum absolute atomic E-state index is 0.145. The van der Waals surface area contributed by atoms with Crippen molar-refractivity contribution in [2.24, 2.45) is 5.92 Å². The van der Waals surface area contributed by atoms with E-state index in [1.165, 1.54) is 0 Å². The van der Waals surface area contributed by atoms with Crippen LogP contribution in [0.2, 0.25) is 0 Å². The quantitative estimate of drug-likeness (QED) is 0.290. The van der Waals surface area contributed by atoms with Crippen LogP contribution in [0.1, 0.15) is 41.6 Å². The largest absolute Gasteiger partial charge is 0.460 e. The summed E-state index contributed by atoms with van der Waals surface area (Å²) in [5, 5.41) is 10.6. The fourth-order valence-corrected chi connectivity index (χ4v) is 5.64. The number of hydrogen-bond acceptors (Lipinski definition) is 6. The highest BCUT2D eigenvalue weighted by Gasteiger charge is 2.39. The van der Waals surface area contributed by atoms with Gasteiger partial charge in [0, 0.05) is 13.0 Å². The Hall–Kier alpha value is -3.04. The number of carbonyl (C=O) groups excluding carboxylic acids is 1. The molecule has 1 aliphatic carbocycles. The zero-order valence-corrected chi connectivity index (χ0v) is 21.9. The van der Waals surface area contributed by atoms with Crippen LogP contribution in [0, 0.1) is 12.8 Å². The molecule has 0 fully saturated rings. The number of ether oxygens (including phenoxy) is 2. The first-order valence-corrected chi connectivity index (χ1v) is 13.9. The van der Waals surface area contributed by atoms with E-state index < -0.39 is 40.2 Å². The second kappa shape index (κ2) is 12.0. The number of fused-ring (bicyclic) bond motifs is 1. The molecule has 0 spiro atoms. The molecule has 7 nitrogen and oxygen atoms in total. The lowest BCUT2D eigenvalue weighted by Crippen LogP contribution is -2.38. The number of aliphatic hydroxyl groups is 1. The summed E-state index contributed by atoms with van der Waals surface area (Å²) in [6.07, 6.45) is -1.02. The molecule has 0 radical (unpaired) electrons. The van der Waals surface area contributed by atoms with Crippen LogP contribution in [0.5, 0.6) is 0 Å². The number of rotatable bonds is 11. The van der Waals surface area contributed by atoms with Crippen molar-refractivity contribution in [2.75, 3.05) is 6.61 Å². The standard InChI is InChI=1S/C29H33NO6S/c1-20-12-14-24(15-13-20)37(33,34)30-28-25-11-7-6-10-23(25)18-27(28)36-29(32)21(2)26(31)16-17-35-19-22-8-4-3-5-9-22/h3-15,21,26-28,30-31H,16-19H2,1-2H3/t21-,26+,27+,28-/m1/s1. The molecule has 0 aliphatic heterocycles. The summed E-state index contributed by atoms with van der Waals surface area (Å²) >= 11 is 0. The van der Waals surface area contributed by atoms with Crippen LogP contribution in [-0.2, 0) is 37.3 Å². The fraction of sp³-hybridized carbons (Fsp3) is 0.345. The summed E-state index contributed by atoms with van der Waals surface area (Å²) in [6.45, 7) is 4.21. The molecule has 0 heterocycles. The number of esters is 1. The summed E-state index contributed by atoms with van der Waals surface area (Å²) in [6, 6.07) is 23.0. The van der Waals surface area contributed by atoms with Crippen molar-refractivity contribution in [3.63, 3.8) is 0 Å². The summed E-state index contributed by atoms with van der Waals surface area (Å²) in [5.74, 6) is -1.37. The van der Waals surface area contributed by atoms with Crippen molar-refractivity contribution >= 4 is 16.0 Å². The van der Waals surface area contributed by atoms with Crippen LogP contribution in [0.15, 0.2) is 83.8 Å². The zero-order chi connectivity index (χ0) is 26.4. The van der Waals surface area contributed by atoms with Crippen LogP contribution in [0.3, 0.4) is 0 Å². The highest BCUT2D eigenvalue weighted by atomic mass is 32.2. The molecule has 4 atom stereocenters. The maximum absolute atomic E-state index is 13.1. The Morgan fingerprint density at radius 3 is 2.43 bits per heavy atom. The van der Waals surface area contributed by atoms with Gasteiger partial charge >= 0.3 is 5.97 Å². The molecule has 3 aromatic rings. The third-order valence-corrected chi connectivity index (χ3v) is 8.14. The van der Waals surface area contributed by atoms with Crippen LogP contribution in [0.4, 0.5) is 0 Å². The van der Waals surface area contributed by atoms with Gasteiger partial charge in [-0.1, -0.05) is 72.3 Å². The van der Waals surface area contributed by atoms with Gasteiger partial charge in [-0.3, -0.25) is 4.79 Å². The topological polar surface area (TPSA) is 102 Å². The Bertz CT molecular complexity index is 1290. The number of aliphatic hydroxyl groups excluding tert-OH is 1. The third kappa shape index (κ3) is 6.84. The van der Waals surface area contributed by atoms with Crippen molar-refractivity contribution in [2.45, 2.75) is 56.4 Å². The van der Waals surface area contributed by atoms with Crippen molar-refractivity contribution in [3.05, 3.63) is 101 Å². The van der Waals surface area contributed by atoms with Gasteiger partial charge in [0.05, 0.1) is 29.6 Å². The lowest BCUT2D eigenvalue weighted by Gasteiger charge is -2.25. The van der Waals surface area contributed by atoms with Crippen LogP contribution < -0.4 is 4.72 Å². The van der Waals surface area contributed by atoms with E-state index >= 15 is 0 Å². The Kier molecular flexibility index (Phi) is 8.76. The molecule has 0 unspecified atom stereocenters. The molecule has 37 heavy (non-hydrogen) atoms. The number of benzene rings is 3. The summed E-state index contributed by atoms with van der Waals surface area (Å²) < 4.78 is 40.4. The van der Waals surface area contributed by atoms with E-state index in [1.807, 2.05) is 61.5 Å². The zero-order valence-electron chi connectivity index (χ0n) is 21.0. The van der Waals surface area contributed by atoms with Gasteiger partial charge in [0.25, 0.3) is 0 Å². The fourth-order valence-electron chi connectivity index (χ4n) is 4.39. The Balaban J connectivity index is 1.38. The number of sulfonamides is 1. The van der Waals surface area contributed by atoms with E-state index in [-0.39, 0.29) is 11.3 Å². The molecular formula is C29H33NO6S. The molecule has 2 N–H and O–H groups in total. The molecule has 4 rings (SSSR count). The van der Waals surface area contributed by atoms with E-state index in [0.717, 1.165) is 22.3 Å². The highest BCUT2D eigenvalue weighted by molar-refractivity contribution is 7.89. The van der Waals surface area contributed by atoms with Crippen molar-refractivity contribution in [3.8, 4) is 0 Å².